The van der Waals surface area contributed by atoms with Crippen LogP contribution in [0.2, 0.25) is 5.02 Å². The van der Waals surface area contributed by atoms with Gasteiger partial charge in [-0.25, -0.2) is 0 Å². The zero-order valence-corrected chi connectivity index (χ0v) is 12.3. The van der Waals surface area contributed by atoms with Crippen LogP contribution >= 0.6 is 11.6 Å². The van der Waals surface area contributed by atoms with Crippen LogP contribution in [0.15, 0.2) is 18.2 Å². The highest BCUT2D eigenvalue weighted by Gasteiger charge is 2.21. The zero-order chi connectivity index (χ0) is 13.7. The number of hydrogen-bond donors (Lipinski definition) is 1. The summed E-state index contributed by atoms with van der Waals surface area (Å²) in [6, 6.07) is 5.99. The molecule has 1 aliphatic carbocycles. The summed E-state index contributed by atoms with van der Waals surface area (Å²) in [7, 11) is 2.08. The lowest BCUT2D eigenvalue weighted by Crippen LogP contribution is -2.24. The smallest absolute Gasteiger partial charge is 0.0641 e. The molecule has 1 aromatic rings. The maximum absolute atomic E-state index is 6.08. The standard InChI is InChI=1S/C15H23ClN2O/c1-18(8-9-19-11-12-2-3-12)15-10-14(16)5-4-13(15)6-7-17/h4-5,10,12H,2-3,6-9,11,17H2,1H3. The van der Waals surface area contributed by atoms with Gasteiger partial charge in [-0.3, -0.25) is 0 Å². The average Bonchev–Trinajstić information content (AvgIpc) is 3.21. The van der Waals surface area contributed by atoms with E-state index in [0.29, 0.717) is 6.54 Å². The van der Waals surface area contributed by atoms with Crippen LogP contribution in [0.25, 0.3) is 0 Å². The predicted molar refractivity (Wildman–Crippen MR) is 81.0 cm³/mol. The molecule has 3 nitrogen and oxygen atoms in total. The predicted octanol–water partition coefficient (Wildman–Crippen LogP) is 2.70. The van der Waals surface area contributed by atoms with Crippen LogP contribution in [-0.2, 0) is 11.2 Å². The minimum atomic E-state index is 0.653. The Morgan fingerprint density at radius 3 is 2.89 bits per heavy atom. The molecule has 106 valence electrons. The van der Waals surface area contributed by atoms with E-state index in [1.165, 1.54) is 18.4 Å². The van der Waals surface area contributed by atoms with Crippen molar-refractivity contribution in [1.29, 1.82) is 0 Å². The molecule has 0 saturated heterocycles. The van der Waals surface area contributed by atoms with Crippen LogP contribution in [0.1, 0.15) is 18.4 Å². The third-order valence-electron chi connectivity index (χ3n) is 3.49. The zero-order valence-electron chi connectivity index (χ0n) is 11.6. The van der Waals surface area contributed by atoms with E-state index in [9.17, 15) is 0 Å². The Kier molecular flexibility index (Phi) is 5.49. The second-order valence-electron chi connectivity index (χ2n) is 5.25. The number of ether oxygens (including phenoxy) is 1. The number of nitrogens with zero attached hydrogens (tertiary/aromatic N) is 1. The Morgan fingerprint density at radius 2 is 2.21 bits per heavy atom. The largest absolute Gasteiger partial charge is 0.379 e. The fraction of sp³-hybridized carbons (Fsp3) is 0.600. The topological polar surface area (TPSA) is 38.5 Å². The second-order valence-corrected chi connectivity index (χ2v) is 5.69. The van der Waals surface area contributed by atoms with Gasteiger partial charge in [0.25, 0.3) is 0 Å². The summed E-state index contributed by atoms with van der Waals surface area (Å²) in [4.78, 5) is 2.20. The first-order valence-electron chi connectivity index (χ1n) is 6.98. The van der Waals surface area contributed by atoms with Crippen molar-refractivity contribution in [3.05, 3.63) is 28.8 Å². The SMILES string of the molecule is CN(CCOCC1CC1)c1cc(Cl)ccc1CCN. The van der Waals surface area contributed by atoms with Crippen molar-refractivity contribution in [3.63, 3.8) is 0 Å². The quantitative estimate of drug-likeness (QED) is 0.745. The molecule has 1 saturated carbocycles. The van der Waals surface area contributed by atoms with Crippen molar-refractivity contribution in [2.75, 3.05) is 38.3 Å². The molecule has 0 aromatic heterocycles. The van der Waals surface area contributed by atoms with Crippen molar-refractivity contribution in [1.82, 2.24) is 0 Å². The highest BCUT2D eigenvalue weighted by atomic mass is 35.5. The van der Waals surface area contributed by atoms with Crippen LogP contribution in [-0.4, -0.2) is 33.4 Å². The minimum Gasteiger partial charge on any atom is -0.379 e. The number of halogens is 1. The molecule has 4 heteroatoms. The van der Waals surface area contributed by atoms with E-state index < -0.39 is 0 Å². The lowest BCUT2D eigenvalue weighted by Gasteiger charge is -2.22. The highest BCUT2D eigenvalue weighted by molar-refractivity contribution is 6.30. The van der Waals surface area contributed by atoms with Crippen molar-refractivity contribution >= 4 is 17.3 Å². The van der Waals surface area contributed by atoms with Gasteiger partial charge < -0.3 is 15.4 Å². The first kappa shape index (κ1) is 14.6. The molecule has 0 spiro atoms. The van der Waals surface area contributed by atoms with Crippen molar-refractivity contribution in [2.24, 2.45) is 11.7 Å². The van der Waals surface area contributed by atoms with Gasteiger partial charge in [0.15, 0.2) is 0 Å². The number of rotatable bonds is 8. The first-order chi connectivity index (χ1) is 9.20. The Morgan fingerprint density at radius 1 is 1.42 bits per heavy atom. The van der Waals surface area contributed by atoms with Gasteiger partial charge in [0.1, 0.15) is 0 Å². The normalized spacial score (nSPS) is 14.7. The van der Waals surface area contributed by atoms with Gasteiger partial charge in [0.05, 0.1) is 6.61 Å². The summed E-state index contributed by atoms with van der Waals surface area (Å²) in [5, 5.41) is 0.765. The maximum Gasteiger partial charge on any atom is 0.0641 e. The minimum absolute atomic E-state index is 0.653. The average molecular weight is 283 g/mol. The summed E-state index contributed by atoms with van der Waals surface area (Å²) >= 11 is 6.08. The Bertz CT molecular complexity index is 407. The Labute approximate surface area is 120 Å². The van der Waals surface area contributed by atoms with E-state index in [4.69, 9.17) is 22.1 Å². The molecule has 1 fully saturated rings. The summed E-state index contributed by atoms with van der Waals surface area (Å²) in [5.41, 5.74) is 8.06. The fourth-order valence-corrected chi connectivity index (χ4v) is 2.28. The van der Waals surface area contributed by atoms with Gasteiger partial charge in [-0.2, -0.15) is 0 Å². The molecule has 0 bridgehead atoms. The van der Waals surface area contributed by atoms with Crippen LogP contribution in [0.3, 0.4) is 0 Å². The monoisotopic (exact) mass is 282 g/mol. The maximum atomic E-state index is 6.08. The molecule has 0 atom stereocenters. The molecule has 2 N–H and O–H groups in total. The third kappa shape index (κ3) is 4.68. The van der Waals surface area contributed by atoms with Gasteiger partial charge in [0.2, 0.25) is 0 Å². The number of likely N-dealkylation sites (N-methyl/N-ethyl adjacent to an activating group) is 1. The summed E-state index contributed by atoms with van der Waals surface area (Å²) in [6.45, 7) is 3.21. The number of anilines is 1. The lowest BCUT2D eigenvalue weighted by molar-refractivity contribution is 0.131. The van der Waals surface area contributed by atoms with Gasteiger partial charge >= 0.3 is 0 Å². The molecule has 0 unspecified atom stereocenters. The van der Waals surface area contributed by atoms with Crippen LogP contribution in [0.4, 0.5) is 5.69 Å². The molecule has 0 aliphatic heterocycles. The van der Waals surface area contributed by atoms with E-state index in [0.717, 1.165) is 42.8 Å². The molecule has 1 aromatic carbocycles. The van der Waals surface area contributed by atoms with Gasteiger partial charge in [-0.15, -0.1) is 0 Å². The van der Waals surface area contributed by atoms with E-state index in [2.05, 4.69) is 18.0 Å². The van der Waals surface area contributed by atoms with Crippen molar-refractivity contribution in [3.8, 4) is 0 Å². The Hall–Kier alpha value is -0.770. The summed E-state index contributed by atoms with van der Waals surface area (Å²) in [6.07, 6.45) is 3.55. The van der Waals surface area contributed by atoms with Gasteiger partial charge in [0, 0.05) is 30.9 Å². The third-order valence-corrected chi connectivity index (χ3v) is 3.73. The molecule has 2 rings (SSSR count). The summed E-state index contributed by atoms with van der Waals surface area (Å²) < 4.78 is 5.68. The van der Waals surface area contributed by atoms with E-state index in [1.807, 2.05) is 12.1 Å². The van der Waals surface area contributed by atoms with Crippen molar-refractivity contribution in [2.45, 2.75) is 19.3 Å². The molecule has 1 aliphatic rings. The van der Waals surface area contributed by atoms with E-state index in [-0.39, 0.29) is 0 Å². The molecular formula is C15H23ClN2O. The van der Waals surface area contributed by atoms with Crippen LogP contribution in [0, 0.1) is 5.92 Å². The van der Waals surface area contributed by atoms with E-state index >= 15 is 0 Å². The summed E-state index contributed by atoms with van der Waals surface area (Å²) in [5.74, 6) is 0.823. The molecule has 0 radical (unpaired) electrons. The van der Waals surface area contributed by atoms with Crippen LogP contribution < -0.4 is 10.6 Å². The molecule has 0 amide bonds. The van der Waals surface area contributed by atoms with Crippen molar-refractivity contribution < 1.29 is 4.74 Å². The molecular weight excluding hydrogens is 260 g/mol. The second kappa shape index (κ2) is 7.13. The van der Waals surface area contributed by atoms with Crippen LogP contribution in [0.5, 0.6) is 0 Å². The number of hydrogen-bond acceptors (Lipinski definition) is 3. The Balaban J connectivity index is 1.87. The van der Waals surface area contributed by atoms with Gasteiger partial charge in [-0.05, 0) is 49.4 Å². The number of benzene rings is 1. The number of nitrogens with two attached hydrogens (primary N) is 1. The van der Waals surface area contributed by atoms with Gasteiger partial charge in [-0.1, -0.05) is 17.7 Å². The van der Waals surface area contributed by atoms with E-state index in [1.54, 1.807) is 0 Å². The molecule has 19 heavy (non-hydrogen) atoms. The first-order valence-corrected chi connectivity index (χ1v) is 7.36. The molecule has 0 heterocycles. The highest BCUT2D eigenvalue weighted by Crippen LogP contribution is 2.29. The fourth-order valence-electron chi connectivity index (χ4n) is 2.12. The lowest BCUT2D eigenvalue weighted by atomic mass is 10.1.